The Balaban J connectivity index is 1.20. The lowest BCUT2D eigenvalue weighted by Crippen LogP contribution is -2.27. The molecule has 7 nitrogen and oxygen atoms in total. The zero-order valence-electron chi connectivity index (χ0n) is 13.7. The third kappa shape index (κ3) is 3.96. The van der Waals surface area contributed by atoms with Gasteiger partial charge >= 0.3 is 0 Å². The number of fused-ring (bicyclic) bond motifs is 1. The normalized spacial score (nSPS) is 13.9. The number of rotatable bonds is 8. The fourth-order valence-corrected chi connectivity index (χ4v) is 3.38. The minimum Gasteiger partial charge on any atom is -0.493 e. The van der Waals surface area contributed by atoms with Gasteiger partial charge in [0.2, 0.25) is 10.9 Å². The highest BCUT2D eigenvalue weighted by atomic mass is 32.1. The van der Waals surface area contributed by atoms with Crippen LogP contribution in [0.15, 0.2) is 30.3 Å². The Morgan fingerprint density at radius 2 is 2.12 bits per heavy atom. The fraction of sp³-hybridized carbons (Fsp3) is 0.412. The number of nitrogens with one attached hydrogen (secondary N) is 1. The van der Waals surface area contributed by atoms with Gasteiger partial charge in [0.15, 0.2) is 5.82 Å². The molecule has 2 aromatic heterocycles. The minimum absolute atomic E-state index is 0.0161. The van der Waals surface area contributed by atoms with E-state index in [0.717, 1.165) is 21.5 Å². The molecule has 130 valence electrons. The second-order valence-electron chi connectivity index (χ2n) is 6.03. The van der Waals surface area contributed by atoms with Gasteiger partial charge in [-0.05, 0) is 25.0 Å². The molecule has 0 spiro atoms. The Bertz CT molecular complexity index is 856. The van der Waals surface area contributed by atoms with Crippen LogP contribution in [0.4, 0.5) is 0 Å². The lowest BCUT2D eigenvalue weighted by molar-refractivity contribution is -0.121. The highest BCUT2D eigenvalue weighted by Crippen LogP contribution is 2.39. The Morgan fingerprint density at radius 3 is 2.92 bits per heavy atom. The van der Waals surface area contributed by atoms with Crippen LogP contribution in [0.2, 0.25) is 0 Å². The zero-order chi connectivity index (χ0) is 17.1. The molecular formula is C17H19N5O2S. The molecule has 0 saturated heterocycles. The molecule has 1 fully saturated rings. The number of ether oxygens (including phenoxy) is 1. The Kier molecular flexibility index (Phi) is 4.60. The van der Waals surface area contributed by atoms with E-state index in [9.17, 15) is 4.79 Å². The summed E-state index contributed by atoms with van der Waals surface area (Å²) in [5, 5.41) is 16.8. The average molecular weight is 357 g/mol. The smallest absolute Gasteiger partial charge is 0.234 e. The van der Waals surface area contributed by atoms with Gasteiger partial charge in [-0.3, -0.25) is 4.79 Å². The van der Waals surface area contributed by atoms with Gasteiger partial charge in [-0.25, -0.2) is 0 Å². The van der Waals surface area contributed by atoms with Crippen LogP contribution in [0.3, 0.4) is 0 Å². The molecule has 1 amide bonds. The Morgan fingerprint density at radius 1 is 1.28 bits per heavy atom. The maximum absolute atomic E-state index is 11.9. The second-order valence-corrected chi connectivity index (χ2v) is 7.07. The largest absolute Gasteiger partial charge is 0.493 e. The maximum atomic E-state index is 11.9. The van der Waals surface area contributed by atoms with Crippen LogP contribution in [0.5, 0.6) is 5.75 Å². The van der Waals surface area contributed by atoms with E-state index >= 15 is 0 Å². The lowest BCUT2D eigenvalue weighted by atomic mass is 10.3. The van der Waals surface area contributed by atoms with E-state index in [0.29, 0.717) is 31.9 Å². The quantitative estimate of drug-likeness (QED) is 0.668. The van der Waals surface area contributed by atoms with Crippen molar-refractivity contribution in [3.63, 3.8) is 0 Å². The van der Waals surface area contributed by atoms with Crippen LogP contribution in [0.1, 0.15) is 36.0 Å². The second kappa shape index (κ2) is 7.18. The summed E-state index contributed by atoms with van der Waals surface area (Å²) in [5.41, 5.74) is 0. The number of amides is 1. The van der Waals surface area contributed by atoms with Gasteiger partial charge in [0.25, 0.3) is 0 Å². The predicted octanol–water partition coefficient (Wildman–Crippen LogP) is 2.19. The van der Waals surface area contributed by atoms with E-state index in [4.69, 9.17) is 4.74 Å². The molecule has 4 rings (SSSR count). The van der Waals surface area contributed by atoms with E-state index < -0.39 is 0 Å². The maximum Gasteiger partial charge on any atom is 0.234 e. The Labute approximate surface area is 149 Å². The van der Waals surface area contributed by atoms with Gasteiger partial charge in [-0.1, -0.05) is 29.5 Å². The minimum atomic E-state index is -0.0161. The molecule has 3 aromatic rings. The first-order chi connectivity index (χ1) is 12.3. The first-order valence-corrected chi connectivity index (χ1v) is 9.27. The van der Waals surface area contributed by atoms with Crippen molar-refractivity contribution in [1.82, 2.24) is 25.1 Å². The molecule has 8 heteroatoms. The van der Waals surface area contributed by atoms with Crippen LogP contribution >= 0.6 is 11.3 Å². The van der Waals surface area contributed by atoms with E-state index in [-0.39, 0.29) is 5.91 Å². The summed E-state index contributed by atoms with van der Waals surface area (Å²) in [5.74, 6) is 2.26. The van der Waals surface area contributed by atoms with Crippen LogP contribution in [-0.2, 0) is 11.2 Å². The first kappa shape index (κ1) is 16.0. The van der Waals surface area contributed by atoms with Crippen molar-refractivity contribution in [3.8, 4) is 5.75 Å². The highest BCUT2D eigenvalue weighted by molar-refractivity contribution is 7.16. The van der Waals surface area contributed by atoms with Crippen LogP contribution < -0.4 is 10.1 Å². The van der Waals surface area contributed by atoms with Crippen molar-refractivity contribution in [1.29, 1.82) is 0 Å². The van der Waals surface area contributed by atoms with E-state index in [1.807, 2.05) is 34.8 Å². The number of aromatic nitrogens is 4. The number of benzene rings is 1. The summed E-state index contributed by atoms with van der Waals surface area (Å²) < 4.78 is 7.38. The molecule has 25 heavy (non-hydrogen) atoms. The van der Waals surface area contributed by atoms with Gasteiger partial charge in [-0.2, -0.15) is 9.61 Å². The molecule has 0 unspecified atom stereocenters. The molecule has 1 aliphatic rings. The van der Waals surface area contributed by atoms with E-state index in [2.05, 4.69) is 20.6 Å². The molecule has 1 aromatic carbocycles. The number of hydrogen-bond donors (Lipinski definition) is 1. The number of carbonyl (C=O) groups excluding carboxylic acids is 1. The van der Waals surface area contributed by atoms with Gasteiger partial charge in [0.05, 0.1) is 13.0 Å². The molecular weight excluding hydrogens is 338 g/mol. The highest BCUT2D eigenvalue weighted by Gasteiger charge is 2.29. The van der Waals surface area contributed by atoms with Crippen molar-refractivity contribution in [3.05, 3.63) is 41.2 Å². The van der Waals surface area contributed by atoms with E-state index in [1.165, 1.54) is 24.2 Å². The number of para-hydroxylation sites is 1. The monoisotopic (exact) mass is 357 g/mol. The molecule has 0 aliphatic heterocycles. The van der Waals surface area contributed by atoms with Crippen LogP contribution in [0.25, 0.3) is 4.96 Å². The average Bonchev–Trinajstić information content (AvgIpc) is 3.26. The lowest BCUT2D eigenvalue weighted by Gasteiger charge is -2.06. The number of carbonyl (C=O) groups is 1. The summed E-state index contributed by atoms with van der Waals surface area (Å²) in [4.78, 5) is 12.7. The summed E-state index contributed by atoms with van der Waals surface area (Å²) in [6.07, 6.45) is 3.39. The van der Waals surface area contributed by atoms with Crippen molar-refractivity contribution in [2.24, 2.45) is 0 Å². The molecule has 0 bridgehead atoms. The van der Waals surface area contributed by atoms with Crippen molar-refractivity contribution in [2.45, 2.75) is 31.6 Å². The first-order valence-electron chi connectivity index (χ1n) is 8.45. The number of nitrogens with zero attached hydrogens (tertiary/aromatic N) is 4. The fourth-order valence-electron chi connectivity index (χ4n) is 2.54. The van der Waals surface area contributed by atoms with E-state index in [1.54, 1.807) is 0 Å². The van der Waals surface area contributed by atoms with Crippen LogP contribution in [-0.4, -0.2) is 38.9 Å². The molecule has 1 N–H and O–H groups in total. The summed E-state index contributed by atoms with van der Waals surface area (Å²) >= 11 is 1.53. The van der Waals surface area contributed by atoms with Crippen molar-refractivity contribution in [2.75, 3.05) is 13.2 Å². The third-order valence-corrected chi connectivity index (χ3v) is 4.96. The molecule has 0 radical (unpaired) electrons. The predicted molar refractivity (Wildman–Crippen MR) is 93.9 cm³/mol. The summed E-state index contributed by atoms with van der Waals surface area (Å²) in [6.45, 7) is 0.935. The molecule has 1 saturated carbocycles. The molecule has 0 atom stereocenters. The number of hydrogen-bond acceptors (Lipinski definition) is 6. The summed E-state index contributed by atoms with van der Waals surface area (Å²) in [7, 11) is 0. The zero-order valence-corrected chi connectivity index (χ0v) is 14.5. The SMILES string of the molecule is O=C(CCOc1ccccc1)NCCc1nn2c(C3CC3)nnc2s1. The van der Waals surface area contributed by atoms with Crippen LogP contribution in [0, 0.1) is 0 Å². The topological polar surface area (TPSA) is 81.4 Å². The van der Waals surface area contributed by atoms with Gasteiger partial charge < -0.3 is 10.1 Å². The van der Waals surface area contributed by atoms with Gasteiger partial charge in [0.1, 0.15) is 10.8 Å². The van der Waals surface area contributed by atoms with Crippen molar-refractivity contribution >= 4 is 22.2 Å². The third-order valence-electron chi connectivity index (χ3n) is 4.00. The summed E-state index contributed by atoms with van der Waals surface area (Å²) in [6, 6.07) is 9.50. The molecule has 2 heterocycles. The van der Waals surface area contributed by atoms with Gasteiger partial charge in [-0.15, -0.1) is 10.2 Å². The van der Waals surface area contributed by atoms with Gasteiger partial charge in [0, 0.05) is 18.9 Å². The Hall–Kier alpha value is -2.48. The molecule has 1 aliphatic carbocycles. The van der Waals surface area contributed by atoms with Crippen molar-refractivity contribution < 1.29 is 9.53 Å². The standard InChI is InChI=1S/C17H19N5O2S/c23-14(9-11-24-13-4-2-1-3-5-13)18-10-8-15-21-22-16(12-6-7-12)19-20-17(22)25-15/h1-5,12H,6-11H2,(H,18,23).